The second kappa shape index (κ2) is 6.34. The van der Waals surface area contributed by atoms with Crippen LogP contribution in [0, 0.1) is 0 Å². The lowest BCUT2D eigenvalue weighted by atomic mass is 10.0. The van der Waals surface area contributed by atoms with Crippen molar-refractivity contribution in [1.82, 2.24) is 4.90 Å². The second-order valence-corrected chi connectivity index (χ2v) is 5.27. The number of halogens is 3. The molecular weight excluding hydrogens is 283 g/mol. The smallest absolute Gasteiger partial charge is 0.328 e. The normalized spacial score (nSPS) is 12.1. The van der Waals surface area contributed by atoms with E-state index in [1.807, 2.05) is 0 Å². The number of anilines is 1. The summed E-state index contributed by atoms with van der Waals surface area (Å²) in [5.74, 6) is 0. The van der Waals surface area contributed by atoms with Gasteiger partial charge in [-0.25, -0.2) is 4.79 Å². The maximum Gasteiger partial charge on any atom is 0.416 e. The molecule has 0 fully saturated rings. The number of carbonyl (C=O) groups excluding carboxylic acids is 1. The Morgan fingerprint density at radius 2 is 1.95 bits per heavy atom. The fourth-order valence-corrected chi connectivity index (χ4v) is 1.92. The predicted molar refractivity (Wildman–Crippen MR) is 76.0 cm³/mol. The molecule has 7 heteroatoms. The first-order valence-electron chi connectivity index (χ1n) is 6.57. The molecule has 0 spiro atoms. The maximum atomic E-state index is 12.6. The van der Waals surface area contributed by atoms with Gasteiger partial charge in [0.25, 0.3) is 0 Å². The molecule has 2 amide bonds. The molecule has 3 N–H and O–H groups in total. The van der Waals surface area contributed by atoms with Crippen molar-refractivity contribution in [2.24, 2.45) is 5.73 Å². The van der Waals surface area contributed by atoms with Crippen molar-refractivity contribution in [3.63, 3.8) is 0 Å². The molecule has 0 saturated heterocycles. The van der Waals surface area contributed by atoms with E-state index in [4.69, 9.17) is 5.73 Å². The lowest BCUT2D eigenvalue weighted by molar-refractivity contribution is -0.137. The molecule has 0 unspecified atom stereocenters. The van der Waals surface area contributed by atoms with Crippen LogP contribution in [0.5, 0.6) is 0 Å². The summed E-state index contributed by atoms with van der Waals surface area (Å²) in [4.78, 5) is 13.7. The molecule has 0 aromatic heterocycles. The molecule has 0 atom stereocenters. The summed E-state index contributed by atoms with van der Waals surface area (Å²) in [5.41, 5.74) is 4.34. The third kappa shape index (κ3) is 4.35. The van der Waals surface area contributed by atoms with Crippen LogP contribution in [-0.4, -0.2) is 29.6 Å². The van der Waals surface area contributed by atoms with Gasteiger partial charge in [-0.05, 0) is 39.0 Å². The maximum absolute atomic E-state index is 12.6. The molecule has 1 aromatic rings. The SMILES string of the molecule is CCN(C(=O)Nc1cccc(C(F)(F)F)c1)C(C)(C)CN. The van der Waals surface area contributed by atoms with Crippen LogP contribution in [-0.2, 0) is 6.18 Å². The summed E-state index contributed by atoms with van der Waals surface area (Å²) in [7, 11) is 0. The van der Waals surface area contributed by atoms with Gasteiger partial charge < -0.3 is 16.0 Å². The Hall–Kier alpha value is -1.76. The van der Waals surface area contributed by atoms with Gasteiger partial charge in [-0.3, -0.25) is 0 Å². The average Bonchev–Trinajstić information content (AvgIpc) is 2.38. The first-order valence-corrected chi connectivity index (χ1v) is 6.57. The van der Waals surface area contributed by atoms with E-state index in [2.05, 4.69) is 5.32 Å². The Bertz CT molecular complexity index is 500. The Morgan fingerprint density at radius 1 is 1.33 bits per heavy atom. The number of urea groups is 1. The van der Waals surface area contributed by atoms with Gasteiger partial charge in [0.1, 0.15) is 0 Å². The monoisotopic (exact) mass is 303 g/mol. The molecule has 21 heavy (non-hydrogen) atoms. The summed E-state index contributed by atoms with van der Waals surface area (Å²) in [6.45, 7) is 6.01. The molecule has 4 nitrogen and oxygen atoms in total. The summed E-state index contributed by atoms with van der Waals surface area (Å²) in [6, 6.07) is 4.05. The van der Waals surface area contributed by atoms with Crippen molar-refractivity contribution >= 4 is 11.7 Å². The van der Waals surface area contributed by atoms with E-state index >= 15 is 0 Å². The number of benzene rings is 1. The zero-order valence-corrected chi connectivity index (χ0v) is 12.3. The molecule has 0 aliphatic carbocycles. The van der Waals surface area contributed by atoms with Crippen LogP contribution >= 0.6 is 0 Å². The van der Waals surface area contributed by atoms with Gasteiger partial charge in [0, 0.05) is 18.8 Å². The molecule has 0 aliphatic rings. The summed E-state index contributed by atoms with van der Waals surface area (Å²) >= 11 is 0. The summed E-state index contributed by atoms with van der Waals surface area (Å²) in [5, 5.41) is 2.48. The lowest BCUT2D eigenvalue weighted by Gasteiger charge is -2.36. The number of alkyl halides is 3. The Labute approximate surface area is 122 Å². The van der Waals surface area contributed by atoms with Crippen molar-refractivity contribution < 1.29 is 18.0 Å². The fraction of sp³-hybridized carbons (Fsp3) is 0.500. The molecule has 1 rings (SSSR count). The fourth-order valence-electron chi connectivity index (χ4n) is 1.92. The van der Waals surface area contributed by atoms with E-state index in [0.717, 1.165) is 12.1 Å². The Morgan fingerprint density at radius 3 is 2.43 bits per heavy atom. The minimum absolute atomic E-state index is 0.0982. The third-order valence-electron chi connectivity index (χ3n) is 3.23. The van der Waals surface area contributed by atoms with Crippen LogP contribution in [0.4, 0.5) is 23.7 Å². The highest BCUT2D eigenvalue weighted by atomic mass is 19.4. The zero-order chi connectivity index (χ0) is 16.3. The van der Waals surface area contributed by atoms with Gasteiger partial charge in [0.05, 0.1) is 11.1 Å². The van der Waals surface area contributed by atoms with Crippen LogP contribution < -0.4 is 11.1 Å². The van der Waals surface area contributed by atoms with Crippen LogP contribution in [0.25, 0.3) is 0 Å². The molecule has 0 heterocycles. The number of rotatable bonds is 4. The number of likely N-dealkylation sites (N-methyl/N-ethyl adjacent to an activating group) is 1. The summed E-state index contributed by atoms with van der Waals surface area (Å²) < 4.78 is 37.9. The van der Waals surface area contributed by atoms with E-state index in [0.29, 0.717) is 6.54 Å². The quantitative estimate of drug-likeness (QED) is 0.896. The minimum Gasteiger partial charge on any atom is -0.328 e. The van der Waals surface area contributed by atoms with E-state index in [1.165, 1.54) is 17.0 Å². The van der Waals surface area contributed by atoms with Gasteiger partial charge in [-0.2, -0.15) is 13.2 Å². The lowest BCUT2D eigenvalue weighted by Crippen LogP contribution is -2.53. The number of carbonyl (C=O) groups is 1. The van der Waals surface area contributed by atoms with Crippen LogP contribution in [0.2, 0.25) is 0 Å². The van der Waals surface area contributed by atoms with Crippen LogP contribution in [0.1, 0.15) is 26.3 Å². The number of nitrogens with two attached hydrogens (primary N) is 1. The number of nitrogens with one attached hydrogen (secondary N) is 1. The van der Waals surface area contributed by atoms with Crippen molar-refractivity contribution in [3.05, 3.63) is 29.8 Å². The van der Waals surface area contributed by atoms with Gasteiger partial charge in [-0.1, -0.05) is 6.07 Å². The predicted octanol–water partition coefficient (Wildman–Crippen LogP) is 3.30. The molecule has 0 saturated carbocycles. The average molecular weight is 303 g/mol. The standard InChI is InChI=1S/C14H20F3N3O/c1-4-20(13(2,3)9-18)12(21)19-11-7-5-6-10(8-11)14(15,16)17/h5-8H,4,9,18H2,1-3H3,(H,19,21). The Balaban J connectivity index is 2.93. The highest BCUT2D eigenvalue weighted by molar-refractivity contribution is 5.90. The highest BCUT2D eigenvalue weighted by Gasteiger charge is 2.31. The van der Waals surface area contributed by atoms with Crippen LogP contribution in [0.3, 0.4) is 0 Å². The van der Waals surface area contributed by atoms with Crippen molar-refractivity contribution in [1.29, 1.82) is 0 Å². The molecule has 118 valence electrons. The largest absolute Gasteiger partial charge is 0.416 e. The number of amides is 2. The number of hydrogen-bond donors (Lipinski definition) is 2. The van der Waals surface area contributed by atoms with E-state index < -0.39 is 23.3 Å². The van der Waals surface area contributed by atoms with Crippen molar-refractivity contribution in [2.45, 2.75) is 32.5 Å². The minimum atomic E-state index is -4.44. The zero-order valence-electron chi connectivity index (χ0n) is 12.3. The molecule has 0 aliphatic heterocycles. The molecule has 1 aromatic carbocycles. The van der Waals surface area contributed by atoms with Crippen LogP contribution in [0.15, 0.2) is 24.3 Å². The molecule has 0 radical (unpaired) electrons. The first kappa shape index (κ1) is 17.3. The van der Waals surface area contributed by atoms with Crippen molar-refractivity contribution in [3.8, 4) is 0 Å². The first-order chi connectivity index (χ1) is 9.61. The number of hydrogen-bond acceptors (Lipinski definition) is 2. The van der Waals surface area contributed by atoms with Gasteiger partial charge in [0.15, 0.2) is 0 Å². The number of nitrogens with zero attached hydrogens (tertiary/aromatic N) is 1. The summed E-state index contributed by atoms with van der Waals surface area (Å²) in [6.07, 6.45) is -4.44. The molecule has 0 bridgehead atoms. The van der Waals surface area contributed by atoms with Gasteiger partial charge >= 0.3 is 12.2 Å². The van der Waals surface area contributed by atoms with Crippen molar-refractivity contribution in [2.75, 3.05) is 18.4 Å². The van der Waals surface area contributed by atoms with E-state index in [-0.39, 0.29) is 12.2 Å². The second-order valence-electron chi connectivity index (χ2n) is 5.27. The Kier molecular flexibility index (Phi) is 5.22. The van der Waals surface area contributed by atoms with Gasteiger partial charge in [-0.15, -0.1) is 0 Å². The highest BCUT2D eigenvalue weighted by Crippen LogP contribution is 2.30. The molecular formula is C14H20F3N3O. The topological polar surface area (TPSA) is 58.4 Å². The van der Waals surface area contributed by atoms with E-state index in [9.17, 15) is 18.0 Å². The van der Waals surface area contributed by atoms with E-state index in [1.54, 1.807) is 20.8 Å². The van der Waals surface area contributed by atoms with Gasteiger partial charge in [0.2, 0.25) is 0 Å². The third-order valence-corrected chi connectivity index (χ3v) is 3.23.